The van der Waals surface area contributed by atoms with Gasteiger partial charge in [0.1, 0.15) is 0 Å². The molecule has 1 saturated heterocycles. The monoisotopic (exact) mass is 259 g/mol. The summed E-state index contributed by atoms with van der Waals surface area (Å²) in [5.74, 6) is 1.78. The Labute approximate surface area is 119 Å². The third-order valence-corrected chi connectivity index (χ3v) is 4.91. The number of hydrogen-bond acceptors (Lipinski definition) is 1. The predicted octanol–water partition coefficient (Wildman–Crippen LogP) is 4.68. The third-order valence-electron chi connectivity index (χ3n) is 4.91. The van der Waals surface area contributed by atoms with E-state index in [0.29, 0.717) is 6.04 Å². The van der Waals surface area contributed by atoms with Crippen molar-refractivity contribution in [3.05, 3.63) is 35.4 Å². The van der Waals surface area contributed by atoms with Crippen LogP contribution >= 0.6 is 0 Å². The predicted molar refractivity (Wildman–Crippen MR) is 83.4 cm³/mol. The zero-order valence-electron chi connectivity index (χ0n) is 13.0. The highest BCUT2D eigenvalue weighted by atomic mass is 15.2. The molecule has 106 valence electrons. The van der Waals surface area contributed by atoms with Crippen molar-refractivity contribution in [2.75, 3.05) is 13.1 Å². The van der Waals surface area contributed by atoms with Crippen LogP contribution in [0, 0.1) is 11.8 Å². The molecular weight excluding hydrogens is 230 g/mol. The van der Waals surface area contributed by atoms with Crippen LogP contribution in [-0.4, -0.2) is 18.0 Å². The number of hydrogen-bond donors (Lipinski definition) is 0. The quantitative estimate of drug-likeness (QED) is 0.759. The molecule has 0 aliphatic carbocycles. The van der Waals surface area contributed by atoms with Gasteiger partial charge in [-0.15, -0.1) is 0 Å². The van der Waals surface area contributed by atoms with E-state index in [0.717, 1.165) is 18.3 Å². The van der Waals surface area contributed by atoms with Gasteiger partial charge in [-0.25, -0.2) is 0 Å². The lowest BCUT2D eigenvalue weighted by molar-refractivity contribution is 0.122. The molecule has 1 aromatic carbocycles. The largest absolute Gasteiger partial charge is 0.297 e. The molecule has 0 saturated carbocycles. The van der Waals surface area contributed by atoms with Crippen molar-refractivity contribution in [2.45, 2.75) is 53.0 Å². The zero-order chi connectivity index (χ0) is 13.8. The van der Waals surface area contributed by atoms with Crippen LogP contribution in [-0.2, 0) is 6.42 Å². The van der Waals surface area contributed by atoms with Crippen molar-refractivity contribution in [1.29, 1.82) is 0 Å². The maximum atomic E-state index is 2.66. The number of aryl methyl sites for hydroxylation is 1. The SMILES string of the molecule is CCc1cccc([C@@H](C)N2CCC(C(C)C)CC2)c1. The molecule has 0 amide bonds. The summed E-state index contributed by atoms with van der Waals surface area (Å²) in [4.78, 5) is 2.66. The Morgan fingerprint density at radius 1 is 1.16 bits per heavy atom. The van der Waals surface area contributed by atoms with Crippen LogP contribution < -0.4 is 0 Å². The van der Waals surface area contributed by atoms with E-state index < -0.39 is 0 Å². The van der Waals surface area contributed by atoms with Gasteiger partial charge in [-0.1, -0.05) is 45.0 Å². The van der Waals surface area contributed by atoms with E-state index in [9.17, 15) is 0 Å². The van der Waals surface area contributed by atoms with Gasteiger partial charge in [-0.05, 0) is 62.2 Å². The molecule has 1 aliphatic heterocycles. The van der Waals surface area contributed by atoms with Crippen LogP contribution in [0.3, 0.4) is 0 Å². The lowest BCUT2D eigenvalue weighted by Gasteiger charge is -2.37. The zero-order valence-corrected chi connectivity index (χ0v) is 13.0. The highest BCUT2D eigenvalue weighted by Gasteiger charge is 2.24. The summed E-state index contributed by atoms with van der Waals surface area (Å²) >= 11 is 0. The molecule has 1 fully saturated rings. The first-order valence-corrected chi connectivity index (χ1v) is 7.94. The molecule has 1 aromatic rings. The average molecular weight is 259 g/mol. The van der Waals surface area contributed by atoms with E-state index in [-0.39, 0.29) is 0 Å². The summed E-state index contributed by atoms with van der Waals surface area (Å²) in [5, 5.41) is 0. The molecule has 0 unspecified atom stereocenters. The topological polar surface area (TPSA) is 3.24 Å². The summed E-state index contributed by atoms with van der Waals surface area (Å²) in [5.41, 5.74) is 2.95. The molecule has 19 heavy (non-hydrogen) atoms. The minimum absolute atomic E-state index is 0.569. The molecule has 1 heterocycles. The molecule has 1 atom stereocenters. The van der Waals surface area contributed by atoms with Crippen LogP contribution in [0.2, 0.25) is 0 Å². The molecular formula is C18H29N. The van der Waals surface area contributed by atoms with Gasteiger partial charge in [0.05, 0.1) is 0 Å². The summed E-state index contributed by atoms with van der Waals surface area (Å²) < 4.78 is 0. The van der Waals surface area contributed by atoms with Gasteiger partial charge in [0.15, 0.2) is 0 Å². The summed E-state index contributed by atoms with van der Waals surface area (Å²) in [6.45, 7) is 11.9. The van der Waals surface area contributed by atoms with E-state index in [2.05, 4.69) is 56.9 Å². The second kappa shape index (κ2) is 6.56. The molecule has 0 radical (unpaired) electrons. The van der Waals surface area contributed by atoms with Crippen LogP contribution in [0.1, 0.15) is 57.7 Å². The molecule has 0 bridgehead atoms. The average Bonchev–Trinajstić information content (AvgIpc) is 2.46. The van der Waals surface area contributed by atoms with Crippen molar-refractivity contribution >= 4 is 0 Å². The third kappa shape index (κ3) is 3.60. The van der Waals surface area contributed by atoms with Gasteiger partial charge in [0, 0.05) is 6.04 Å². The smallest absolute Gasteiger partial charge is 0.0319 e. The van der Waals surface area contributed by atoms with E-state index in [1.807, 2.05) is 0 Å². The van der Waals surface area contributed by atoms with Crippen LogP contribution in [0.4, 0.5) is 0 Å². The fourth-order valence-electron chi connectivity index (χ4n) is 3.26. The van der Waals surface area contributed by atoms with Crippen LogP contribution in [0.15, 0.2) is 24.3 Å². The van der Waals surface area contributed by atoms with Gasteiger partial charge >= 0.3 is 0 Å². The lowest BCUT2D eigenvalue weighted by atomic mass is 9.86. The minimum Gasteiger partial charge on any atom is -0.297 e. The first-order chi connectivity index (χ1) is 9.11. The van der Waals surface area contributed by atoms with Gasteiger partial charge in [0.2, 0.25) is 0 Å². The van der Waals surface area contributed by atoms with Gasteiger partial charge in [-0.2, -0.15) is 0 Å². The fraction of sp³-hybridized carbons (Fsp3) is 0.667. The van der Waals surface area contributed by atoms with Gasteiger partial charge in [0.25, 0.3) is 0 Å². The number of nitrogens with zero attached hydrogens (tertiary/aromatic N) is 1. The second-order valence-corrected chi connectivity index (χ2v) is 6.39. The highest BCUT2D eigenvalue weighted by Crippen LogP contribution is 2.30. The Balaban J connectivity index is 1.98. The normalized spacial score (nSPS) is 19.8. The van der Waals surface area contributed by atoms with Crippen LogP contribution in [0.5, 0.6) is 0 Å². The van der Waals surface area contributed by atoms with Crippen molar-refractivity contribution < 1.29 is 0 Å². The van der Waals surface area contributed by atoms with Crippen molar-refractivity contribution in [2.24, 2.45) is 11.8 Å². The first kappa shape index (κ1) is 14.6. The van der Waals surface area contributed by atoms with Crippen molar-refractivity contribution in [1.82, 2.24) is 4.90 Å². The van der Waals surface area contributed by atoms with Crippen molar-refractivity contribution in [3.63, 3.8) is 0 Å². The molecule has 1 aliphatic rings. The highest BCUT2D eigenvalue weighted by molar-refractivity contribution is 5.25. The molecule has 2 rings (SSSR count). The summed E-state index contributed by atoms with van der Waals surface area (Å²) in [7, 11) is 0. The fourth-order valence-corrected chi connectivity index (χ4v) is 3.26. The van der Waals surface area contributed by atoms with Crippen molar-refractivity contribution in [3.8, 4) is 0 Å². The van der Waals surface area contributed by atoms with Gasteiger partial charge < -0.3 is 0 Å². The molecule has 1 nitrogen and oxygen atoms in total. The van der Waals surface area contributed by atoms with Crippen LogP contribution in [0.25, 0.3) is 0 Å². The van der Waals surface area contributed by atoms with E-state index >= 15 is 0 Å². The number of benzene rings is 1. The Morgan fingerprint density at radius 3 is 2.42 bits per heavy atom. The Bertz CT molecular complexity index is 388. The Morgan fingerprint density at radius 2 is 1.84 bits per heavy atom. The molecule has 0 aromatic heterocycles. The summed E-state index contributed by atoms with van der Waals surface area (Å²) in [6.07, 6.45) is 3.88. The Kier molecular flexibility index (Phi) is 5.04. The van der Waals surface area contributed by atoms with E-state index in [4.69, 9.17) is 0 Å². The second-order valence-electron chi connectivity index (χ2n) is 6.39. The lowest BCUT2D eigenvalue weighted by Crippen LogP contribution is -2.37. The maximum Gasteiger partial charge on any atom is 0.0319 e. The minimum atomic E-state index is 0.569. The van der Waals surface area contributed by atoms with Gasteiger partial charge in [-0.3, -0.25) is 4.90 Å². The summed E-state index contributed by atoms with van der Waals surface area (Å²) in [6, 6.07) is 9.70. The standard InChI is InChI=1S/C18H29N/c1-5-16-7-6-8-18(13-16)15(4)19-11-9-17(10-12-19)14(2)3/h6-8,13-15,17H,5,9-12H2,1-4H3/t15-/m1/s1. The van der Waals surface area contributed by atoms with E-state index in [1.165, 1.54) is 37.1 Å². The number of likely N-dealkylation sites (tertiary alicyclic amines) is 1. The van der Waals surface area contributed by atoms with E-state index in [1.54, 1.807) is 0 Å². The number of piperidine rings is 1. The molecule has 0 spiro atoms. The Hall–Kier alpha value is -0.820. The number of rotatable bonds is 4. The molecule has 0 N–H and O–H groups in total. The molecule has 1 heteroatoms. The maximum absolute atomic E-state index is 2.66. The first-order valence-electron chi connectivity index (χ1n) is 7.94.